The molecule has 9 aromatic rings. The molecule has 4 heteroatoms. The van der Waals surface area contributed by atoms with Crippen LogP contribution in [0.15, 0.2) is 188 Å². The van der Waals surface area contributed by atoms with E-state index in [9.17, 15) is 0 Å². The number of nitrogens with zero attached hydrogens (tertiary/aromatic N) is 3. The summed E-state index contributed by atoms with van der Waals surface area (Å²) in [5, 5.41) is 2.36. The van der Waals surface area contributed by atoms with Crippen molar-refractivity contribution in [3.05, 3.63) is 188 Å². The third-order valence-corrected chi connectivity index (χ3v) is 9.17. The van der Waals surface area contributed by atoms with Gasteiger partial charge in [-0.05, 0) is 93.0 Å². The summed E-state index contributed by atoms with van der Waals surface area (Å²) in [6.07, 6.45) is 3.70. The van der Waals surface area contributed by atoms with Crippen LogP contribution < -0.4 is 4.74 Å². The van der Waals surface area contributed by atoms with Crippen LogP contribution in [0.5, 0.6) is 11.6 Å². The SMILES string of the molecule is c1ccc(-c2cc(Oc3cc(-c4ccccc4)ccn3)cc(-c3ccc4c5ccccc5n(-c5cc(-c6ccccc6)ccn5)c4c3)c2)cc1. The van der Waals surface area contributed by atoms with Crippen LogP contribution in [-0.4, -0.2) is 14.5 Å². The highest BCUT2D eigenvalue weighted by atomic mass is 16.5. The molecule has 0 saturated heterocycles. The van der Waals surface area contributed by atoms with Gasteiger partial charge in [-0.3, -0.25) is 4.57 Å². The Morgan fingerprint density at radius 3 is 1.60 bits per heavy atom. The fourth-order valence-electron chi connectivity index (χ4n) is 6.77. The number of hydrogen-bond donors (Lipinski definition) is 0. The molecule has 0 unspecified atom stereocenters. The number of aromatic nitrogens is 3. The van der Waals surface area contributed by atoms with Crippen LogP contribution in [0.1, 0.15) is 0 Å². The largest absolute Gasteiger partial charge is 0.439 e. The van der Waals surface area contributed by atoms with Crippen molar-refractivity contribution in [3.8, 4) is 62.0 Å². The summed E-state index contributed by atoms with van der Waals surface area (Å²) in [6, 6.07) is 61.1. The molecule has 0 spiro atoms. The number of para-hydroxylation sites is 1. The summed E-state index contributed by atoms with van der Waals surface area (Å²) in [7, 11) is 0. The Kier molecular flexibility index (Phi) is 7.45. The molecule has 0 fully saturated rings. The van der Waals surface area contributed by atoms with Crippen molar-refractivity contribution in [1.82, 2.24) is 14.5 Å². The number of benzene rings is 6. The second-order valence-corrected chi connectivity index (χ2v) is 12.3. The van der Waals surface area contributed by atoms with Gasteiger partial charge in [-0.15, -0.1) is 0 Å². The van der Waals surface area contributed by atoms with Gasteiger partial charge in [-0.25, -0.2) is 9.97 Å². The maximum absolute atomic E-state index is 6.52. The summed E-state index contributed by atoms with van der Waals surface area (Å²) in [6.45, 7) is 0. The van der Waals surface area contributed by atoms with Crippen LogP contribution in [0.25, 0.3) is 72.1 Å². The average Bonchev–Trinajstić information content (AvgIpc) is 3.53. The van der Waals surface area contributed by atoms with Crippen LogP contribution in [-0.2, 0) is 0 Å². The molecule has 3 heterocycles. The molecule has 6 aromatic carbocycles. The summed E-state index contributed by atoms with van der Waals surface area (Å²) >= 11 is 0. The molecule has 3 aromatic heterocycles. The van der Waals surface area contributed by atoms with Gasteiger partial charge in [-0.2, -0.15) is 0 Å². The fourth-order valence-corrected chi connectivity index (χ4v) is 6.77. The third-order valence-electron chi connectivity index (χ3n) is 9.17. The molecule has 0 atom stereocenters. The molecule has 0 aliphatic heterocycles. The number of fused-ring (bicyclic) bond motifs is 3. The van der Waals surface area contributed by atoms with Crippen molar-refractivity contribution in [2.24, 2.45) is 0 Å². The number of pyridine rings is 2. The minimum absolute atomic E-state index is 0.544. The normalized spacial score (nSPS) is 11.2. The minimum Gasteiger partial charge on any atom is -0.439 e. The van der Waals surface area contributed by atoms with Gasteiger partial charge in [0.25, 0.3) is 0 Å². The standard InChI is InChI=1S/C46H31N3O/c1-4-12-32(13-5-1)36-22-24-47-45(30-36)49-43-19-11-10-18-41(43)42-21-20-35(29-44(42)49)39-26-38(34-16-8-3-9-17-34)27-40(28-39)50-46-31-37(23-25-48-46)33-14-6-2-7-15-33/h1-31H. The molecule has 0 amide bonds. The molecule has 4 nitrogen and oxygen atoms in total. The smallest absolute Gasteiger partial charge is 0.219 e. The molecule has 9 rings (SSSR count). The highest BCUT2D eigenvalue weighted by Gasteiger charge is 2.16. The van der Waals surface area contributed by atoms with Crippen LogP contribution in [0.4, 0.5) is 0 Å². The van der Waals surface area contributed by atoms with Crippen molar-refractivity contribution in [2.75, 3.05) is 0 Å². The molecule has 50 heavy (non-hydrogen) atoms. The van der Waals surface area contributed by atoms with Gasteiger partial charge in [0.2, 0.25) is 5.88 Å². The van der Waals surface area contributed by atoms with E-state index in [1.807, 2.05) is 48.7 Å². The van der Waals surface area contributed by atoms with Crippen molar-refractivity contribution in [1.29, 1.82) is 0 Å². The van der Waals surface area contributed by atoms with Crippen molar-refractivity contribution < 1.29 is 4.74 Å². The molecule has 0 N–H and O–H groups in total. The molecule has 0 radical (unpaired) electrons. The van der Waals surface area contributed by atoms with E-state index >= 15 is 0 Å². The van der Waals surface area contributed by atoms with E-state index in [0.717, 1.165) is 67.1 Å². The van der Waals surface area contributed by atoms with Gasteiger partial charge in [0.15, 0.2) is 0 Å². The Hall–Kier alpha value is -6.78. The summed E-state index contributed by atoms with van der Waals surface area (Å²) in [4.78, 5) is 9.46. The Bertz CT molecular complexity index is 2610. The van der Waals surface area contributed by atoms with Gasteiger partial charge >= 0.3 is 0 Å². The van der Waals surface area contributed by atoms with E-state index in [2.05, 4.69) is 143 Å². The Labute approximate surface area is 290 Å². The van der Waals surface area contributed by atoms with Crippen LogP contribution in [0.3, 0.4) is 0 Å². The van der Waals surface area contributed by atoms with Crippen LogP contribution in [0.2, 0.25) is 0 Å². The monoisotopic (exact) mass is 641 g/mol. The quantitative estimate of drug-likeness (QED) is 0.174. The maximum atomic E-state index is 6.52. The summed E-state index contributed by atoms with van der Waals surface area (Å²) in [5.41, 5.74) is 11.0. The van der Waals surface area contributed by atoms with Crippen LogP contribution in [0, 0.1) is 0 Å². The zero-order valence-electron chi connectivity index (χ0n) is 27.1. The summed E-state index contributed by atoms with van der Waals surface area (Å²) < 4.78 is 8.80. The van der Waals surface area contributed by atoms with Gasteiger partial charge in [0, 0.05) is 29.2 Å². The molecular formula is C46H31N3O. The number of ether oxygens (including phenoxy) is 1. The highest BCUT2D eigenvalue weighted by molar-refractivity contribution is 6.10. The molecule has 236 valence electrons. The lowest BCUT2D eigenvalue weighted by Gasteiger charge is -2.13. The fraction of sp³-hybridized carbons (Fsp3) is 0. The van der Waals surface area contributed by atoms with Gasteiger partial charge < -0.3 is 4.74 Å². The lowest BCUT2D eigenvalue weighted by Crippen LogP contribution is -1.97. The molecule has 0 aliphatic rings. The lowest BCUT2D eigenvalue weighted by molar-refractivity contribution is 0.463. The van der Waals surface area contributed by atoms with Gasteiger partial charge in [-0.1, -0.05) is 121 Å². The first-order valence-corrected chi connectivity index (χ1v) is 16.7. The van der Waals surface area contributed by atoms with E-state index in [0.29, 0.717) is 5.88 Å². The Morgan fingerprint density at radius 2 is 0.900 bits per heavy atom. The second kappa shape index (κ2) is 12.7. The van der Waals surface area contributed by atoms with Crippen molar-refractivity contribution in [2.45, 2.75) is 0 Å². The Morgan fingerprint density at radius 1 is 0.360 bits per heavy atom. The zero-order valence-corrected chi connectivity index (χ0v) is 27.1. The number of rotatable bonds is 7. The topological polar surface area (TPSA) is 39.9 Å². The zero-order chi connectivity index (χ0) is 33.3. The first kappa shape index (κ1) is 29.4. The van der Waals surface area contributed by atoms with E-state index < -0.39 is 0 Å². The maximum Gasteiger partial charge on any atom is 0.219 e. The average molecular weight is 642 g/mol. The van der Waals surface area contributed by atoms with E-state index in [4.69, 9.17) is 9.72 Å². The molecule has 0 bridgehead atoms. The Balaban J connectivity index is 1.19. The van der Waals surface area contributed by atoms with Crippen molar-refractivity contribution >= 4 is 21.8 Å². The second-order valence-electron chi connectivity index (χ2n) is 12.3. The number of hydrogen-bond acceptors (Lipinski definition) is 3. The van der Waals surface area contributed by atoms with E-state index in [1.165, 1.54) is 10.8 Å². The molecular weight excluding hydrogens is 611 g/mol. The lowest BCUT2D eigenvalue weighted by atomic mass is 9.97. The first-order valence-electron chi connectivity index (χ1n) is 16.7. The molecule has 0 saturated carbocycles. The van der Waals surface area contributed by atoms with E-state index in [1.54, 1.807) is 6.20 Å². The van der Waals surface area contributed by atoms with Crippen molar-refractivity contribution in [3.63, 3.8) is 0 Å². The van der Waals surface area contributed by atoms with E-state index in [-0.39, 0.29) is 0 Å². The van der Waals surface area contributed by atoms with Gasteiger partial charge in [0.1, 0.15) is 11.6 Å². The van der Waals surface area contributed by atoms with Crippen LogP contribution >= 0.6 is 0 Å². The predicted molar refractivity (Wildman–Crippen MR) is 205 cm³/mol. The minimum atomic E-state index is 0.544. The predicted octanol–water partition coefficient (Wildman–Crippen LogP) is 12.0. The van der Waals surface area contributed by atoms with Gasteiger partial charge in [0.05, 0.1) is 11.0 Å². The molecule has 0 aliphatic carbocycles. The highest BCUT2D eigenvalue weighted by Crippen LogP contribution is 2.38. The summed E-state index contributed by atoms with van der Waals surface area (Å²) in [5.74, 6) is 2.14. The third kappa shape index (κ3) is 5.59. The first-order chi connectivity index (χ1) is 24.8.